The molecule has 102 valence electrons. The molecule has 19 heavy (non-hydrogen) atoms. The Bertz CT molecular complexity index is 503. The summed E-state index contributed by atoms with van der Waals surface area (Å²) in [6.45, 7) is 0. The van der Waals surface area contributed by atoms with E-state index in [0.717, 1.165) is 0 Å². The Hall–Kier alpha value is -2.48. The maximum absolute atomic E-state index is 11.5. The second-order valence-corrected chi connectivity index (χ2v) is 3.84. The van der Waals surface area contributed by atoms with Gasteiger partial charge in [0.15, 0.2) is 0 Å². The predicted octanol–water partition coefficient (Wildman–Crippen LogP) is 0.725. The van der Waals surface area contributed by atoms with Gasteiger partial charge in [0.1, 0.15) is 6.04 Å². The number of amides is 1. The van der Waals surface area contributed by atoms with Crippen molar-refractivity contribution >= 4 is 23.3 Å². The maximum atomic E-state index is 11.5. The van der Waals surface area contributed by atoms with Crippen molar-refractivity contribution in [3.63, 3.8) is 0 Å². The van der Waals surface area contributed by atoms with Crippen molar-refractivity contribution in [2.24, 2.45) is 5.73 Å². The molecular formula is C11H13N3O5. The van der Waals surface area contributed by atoms with Gasteiger partial charge in [0.05, 0.1) is 4.92 Å². The monoisotopic (exact) mass is 267 g/mol. The Morgan fingerprint density at radius 2 is 2.16 bits per heavy atom. The summed E-state index contributed by atoms with van der Waals surface area (Å²) in [6, 6.07) is 4.36. The molecule has 1 aromatic carbocycles. The summed E-state index contributed by atoms with van der Waals surface area (Å²) in [6.07, 6.45) is -0.0771. The summed E-state index contributed by atoms with van der Waals surface area (Å²) in [4.78, 5) is 31.9. The van der Waals surface area contributed by atoms with E-state index in [2.05, 4.69) is 5.32 Å². The zero-order valence-corrected chi connectivity index (χ0v) is 9.91. The van der Waals surface area contributed by atoms with Crippen molar-refractivity contribution in [3.05, 3.63) is 34.4 Å². The smallest absolute Gasteiger partial charge is 0.320 e. The zero-order chi connectivity index (χ0) is 14.4. The molecule has 0 aliphatic carbocycles. The van der Waals surface area contributed by atoms with E-state index < -0.39 is 22.8 Å². The van der Waals surface area contributed by atoms with Crippen molar-refractivity contribution in [1.29, 1.82) is 0 Å². The third-order valence-corrected chi connectivity index (χ3v) is 2.34. The highest BCUT2D eigenvalue weighted by Gasteiger charge is 2.14. The van der Waals surface area contributed by atoms with Crippen molar-refractivity contribution in [3.8, 4) is 0 Å². The van der Waals surface area contributed by atoms with E-state index in [4.69, 9.17) is 10.8 Å². The first-order chi connectivity index (χ1) is 8.90. The Labute approximate surface area is 108 Å². The van der Waals surface area contributed by atoms with Crippen LogP contribution in [0.5, 0.6) is 0 Å². The van der Waals surface area contributed by atoms with Crippen molar-refractivity contribution in [2.75, 3.05) is 5.32 Å². The molecule has 8 nitrogen and oxygen atoms in total. The minimum Gasteiger partial charge on any atom is -0.480 e. The number of hydrogen-bond acceptors (Lipinski definition) is 5. The molecule has 0 radical (unpaired) electrons. The van der Waals surface area contributed by atoms with Gasteiger partial charge in [-0.05, 0) is 12.5 Å². The van der Waals surface area contributed by atoms with E-state index in [9.17, 15) is 19.7 Å². The summed E-state index contributed by atoms with van der Waals surface area (Å²) in [5.41, 5.74) is 5.39. The number of nitro benzene ring substituents is 1. The molecule has 0 aromatic heterocycles. The fourth-order valence-corrected chi connectivity index (χ4v) is 1.33. The second kappa shape index (κ2) is 6.45. The molecule has 1 atom stereocenters. The average Bonchev–Trinajstić information content (AvgIpc) is 2.36. The van der Waals surface area contributed by atoms with Crippen LogP contribution in [0.25, 0.3) is 0 Å². The number of carboxylic acids is 1. The molecule has 0 fully saturated rings. The van der Waals surface area contributed by atoms with Gasteiger partial charge in [-0.25, -0.2) is 0 Å². The number of nitrogens with one attached hydrogen (secondary N) is 1. The van der Waals surface area contributed by atoms with Crippen LogP contribution in [0.1, 0.15) is 12.8 Å². The Morgan fingerprint density at radius 3 is 2.74 bits per heavy atom. The molecule has 0 aliphatic heterocycles. The SMILES string of the molecule is NC(CCC(=O)Nc1cccc([N+](=O)[O-])c1)C(=O)O. The number of anilines is 1. The molecule has 1 amide bonds. The van der Waals surface area contributed by atoms with Gasteiger partial charge in [0, 0.05) is 24.2 Å². The van der Waals surface area contributed by atoms with Crippen LogP contribution in [0.15, 0.2) is 24.3 Å². The summed E-state index contributed by atoms with van der Waals surface area (Å²) >= 11 is 0. The average molecular weight is 267 g/mol. The van der Waals surface area contributed by atoms with Gasteiger partial charge in [-0.15, -0.1) is 0 Å². The molecule has 0 heterocycles. The fourth-order valence-electron chi connectivity index (χ4n) is 1.33. The molecule has 0 aliphatic rings. The molecule has 1 rings (SSSR count). The first kappa shape index (κ1) is 14.6. The van der Waals surface area contributed by atoms with Crippen molar-refractivity contribution in [2.45, 2.75) is 18.9 Å². The molecule has 0 saturated heterocycles. The van der Waals surface area contributed by atoms with E-state index >= 15 is 0 Å². The van der Waals surface area contributed by atoms with Gasteiger partial charge in [0.2, 0.25) is 5.91 Å². The van der Waals surface area contributed by atoms with Crippen LogP contribution in [0.3, 0.4) is 0 Å². The quantitative estimate of drug-likeness (QED) is 0.513. The molecule has 0 saturated carbocycles. The van der Waals surface area contributed by atoms with E-state index in [1.54, 1.807) is 0 Å². The topological polar surface area (TPSA) is 136 Å². The number of carbonyl (C=O) groups is 2. The van der Waals surface area contributed by atoms with E-state index in [1.807, 2.05) is 0 Å². The highest BCUT2D eigenvalue weighted by Crippen LogP contribution is 2.17. The lowest BCUT2D eigenvalue weighted by molar-refractivity contribution is -0.384. The second-order valence-electron chi connectivity index (χ2n) is 3.84. The van der Waals surface area contributed by atoms with Gasteiger partial charge in [-0.3, -0.25) is 19.7 Å². The predicted molar refractivity (Wildman–Crippen MR) is 66.6 cm³/mol. The third kappa shape index (κ3) is 4.72. The normalized spacial score (nSPS) is 11.6. The van der Waals surface area contributed by atoms with Crippen LogP contribution in [0.4, 0.5) is 11.4 Å². The van der Waals surface area contributed by atoms with Gasteiger partial charge in [-0.1, -0.05) is 6.07 Å². The molecule has 1 unspecified atom stereocenters. The first-order valence-electron chi connectivity index (χ1n) is 5.43. The Balaban J connectivity index is 2.55. The highest BCUT2D eigenvalue weighted by molar-refractivity contribution is 5.91. The molecule has 8 heteroatoms. The van der Waals surface area contributed by atoms with Crippen molar-refractivity contribution < 1.29 is 19.6 Å². The number of nitrogens with zero attached hydrogens (tertiary/aromatic N) is 1. The lowest BCUT2D eigenvalue weighted by Crippen LogP contribution is -2.31. The standard InChI is InChI=1S/C11H13N3O5/c12-9(11(16)17)4-5-10(15)13-7-2-1-3-8(6-7)14(18)19/h1-3,6,9H,4-5,12H2,(H,13,15)(H,16,17). The molecule has 0 spiro atoms. The number of carboxylic acid groups (broad SMARTS) is 1. The number of non-ortho nitro benzene ring substituents is 1. The number of aliphatic carboxylic acids is 1. The zero-order valence-electron chi connectivity index (χ0n) is 9.91. The van der Waals surface area contributed by atoms with E-state index in [1.165, 1.54) is 24.3 Å². The van der Waals surface area contributed by atoms with Crippen LogP contribution >= 0.6 is 0 Å². The van der Waals surface area contributed by atoms with Gasteiger partial charge in [0.25, 0.3) is 5.69 Å². The highest BCUT2D eigenvalue weighted by atomic mass is 16.6. The summed E-state index contributed by atoms with van der Waals surface area (Å²) in [5.74, 6) is -1.62. The lowest BCUT2D eigenvalue weighted by Gasteiger charge is -2.07. The van der Waals surface area contributed by atoms with E-state index in [-0.39, 0.29) is 24.2 Å². The molecule has 4 N–H and O–H groups in total. The van der Waals surface area contributed by atoms with Crippen LogP contribution in [-0.4, -0.2) is 27.9 Å². The van der Waals surface area contributed by atoms with E-state index in [0.29, 0.717) is 0 Å². The van der Waals surface area contributed by atoms with Gasteiger partial charge >= 0.3 is 5.97 Å². The van der Waals surface area contributed by atoms with Crippen LogP contribution in [0, 0.1) is 10.1 Å². The Morgan fingerprint density at radius 1 is 1.47 bits per heavy atom. The minimum absolute atomic E-state index is 0.00388. The van der Waals surface area contributed by atoms with Gasteiger partial charge in [-0.2, -0.15) is 0 Å². The number of rotatable bonds is 6. The molecular weight excluding hydrogens is 254 g/mol. The summed E-state index contributed by atoms with van der Waals surface area (Å²) in [7, 11) is 0. The third-order valence-electron chi connectivity index (χ3n) is 2.34. The lowest BCUT2D eigenvalue weighted by atomic mass is 10.1. The van der Waals surface area contributed by atoms with Crippen molar-refractivity contribution in [1.82, 2.24) is 0 Å². The summed E-state index contributed by atoms with van der Waals surface area (Å²) in [5, 5.41) is 21.5. The molecule has 1 aromatic rings. The number of hydrogen-bond donors (Lipinski definition) is 3. The number of benzene rings is 1. The first-order valence-corrected chi connectivity index (χ1v) is 5.43. The largest absolute Gasteiger partial charge is 0.480 e. The van der Waals surface area contributed by atoms with Crippen LogP contribution in [0.2, 0.25) is 0 Å². The Kier molecular flexibility index (Phi) is 4.95. The summed E-state index contributed by atoms with van der Waals surface area (Å²) < 4.78 is 0. The maximum Gasteiger partial charge on any atom is 0.320 e. The number of nitro groups is 1. The number of carbonyl (C=O) groups excluding carboxylic acids is 1. The number of nitrogens with two attached hydrogens (primary N) is 1. The van der Waals surface area contributed by atoms with Gasteiger partial charge < -0.3 is 16.2 Å². The fraction of sp³-hybridized carbons (Fsp3) is 0.273. The molecule has 0 bridgehead atoms. The minimum atomic E-state index is -1.18. The van der Waals surface area contributed by atoms with Crippen LogP contribution < -0.4 is 11.1 Å². The van der Waals surface area contributed by atoms with Crippen LogP contribution in [-0.2, 0) is 9.59 Å².